The largest absolute Gasteiger partial charge is 0.361 e. The number of nitrogens with zero attached hydrogens (tertiary/aromatic N) is 4. The van der Waals surface area contributed by atoms with E-state index in [0.717, 1.165) is 63.1 Å². The van der Waals surface area contributed by atoms with Crippen LogP contribution in [-0.2, 0) is 19.4 Å². The van der Waals surface area contributed by atoms with E-state index in [-0.39, 0.29) is 23.8 Å². The Hall–Kier alpha value is -2.22. The molecule has 0 bridgehead atoms. The molecule has 138 valence electrons. The molecule has 5 rings (SSSR count). The molecule has 1 aliphatic heterocycles. The number of aryl methyl sites for hydroxylation is 1. The Bertz CT molecular complexity index is 810. The van der Waals surface area contributed by atoms with Crippen molar-refractivity contribution < 1.29 is 13.8 Å². The minimum atomic E-state index is -0.238. The lowest BCUT2D eigenvalue weighted by molar-refractivity contribution is 0.0937. The molecule has 1 saturated heterocycles. The molecular formula is C18H23N5O3. The second-order valence-corrected chi connectivity index (χ2v) is 7.57. The maximum atomic E-state index is 12.1. The number of likely N-dealkylation sites (tertiary alicyclic amines) is 1. The highest BCUT2D eigenvalue weighted by Crippen LogP contribution is 2.34. The molecule has 0 unspecified atom stereocenters. The number of carbonyl (C=O) groups excluding carboxylic acids is 1. The highest BCUT2D eigenvalue weighted by molar-refractivity contribution is 5.90. The lowest BCUT2D eigenvalue weighted by Gasteiger charge is -2.21. The third-order valence-electron chi connectivity index (χ3n) is 5.59. The lowest BCUT2D eigenvalue weighted by Crippen LogP contribution is -2.27. The van der Waals surface area contributed by atoms with Crippen molar-refractivity contribution in [2.45, 2.75) is 70.0 Å². The molecular weight excluding hydrogens is 334 g/mol. The normalized spacial score (nSPS) is 23.2. The second kappa shape index (κ2) is 6.50. The first-order chi connectivity index (χ1) is 12.8. The Balaban J connectivity index is 1.30. The van der Waals surface area contributed by atoms with Crippen molar-refractivity contribution in [2.24, 2.45) is 0 Å². The summed E-state index contributed by atoms with van der Waals surface area (Å²) >= 11 is 0. The quantitative estimate of drug-likeness (QED) is 0.876. The Morgan fingerprint density at radius 1 is 1.12 bits per heavy atom. The Labute approximate surface area is 151 Å². The third kappa shape index (κ3) is 3.02. The average Bonchev–Trinajstić information content (AvgIpc) is 3.07. The summed E-state index contributed by atoms with van der Waals surface area (Å²) in [5, 5.41) is 11.1. The topological polar surface area (TPSA) is 97.3 Å². The van der Waals surface area contributed by atoms with Gasteiger partial charge in [-0.05, 0) is 51.5 Å². The predicted octanol–water partition coefficient (Wildman–Crippen LogP) is 2.17. The van der Waals surface area contributed by atoms with E-state index < -0.39 is 0 Å². The summed E-state index contributed by atoms with van der Waals surface area (Å²) in [7, 11) is 0. The first-order valence-corrected chi connectivity index (χ1v) is 9.63. The van der Waals surface area contributed by atoms with Gasteiger partial charge in [-0.1, -0.05) is 10.3 Å². The van der Waals surface area contributed by atoms with Crippen LogP contribution in [0.4, 0.5) is 0 Å². The van der Waals surface area contributed by atoms with Crippen LogP contribution < -0.4 is 5.32 Å². The van der Waals surface area contributed by atoms with Gasteiger partial charge in [-0.3, -0.25) is 9.69 Å². The summed E-state index contributed by atoms with van der Waals surface area (Å²) in [5.41, 5.74) is 2.33. The van der Waals surface area contributed by atoms with Gasteiger partial charge in [0.05, 0.1) is 6.04 Å². The molecule has 26 heavy (non-hydrogen) atoms. The number of amides is 1. The minimum Gasteiger partial charge on any atom is -0.361 e. The fourth-order valence-corrected chi connectivity index (χ4v) is 4.00. The molecule has 3 aliphatic rings. The zero-order valence-corrected chi connectivity index (χ0v) is 14.7. The van der Waals surface area contributed by atoms with E-state index in [4.69, 9.17) is 9.05 Å². The number of nitrogens with one attached hydrogen (secondary N) is 1. The highest BCUT2D eigenvalue weighted by Gasteiger charge is 2.34. The molecule has 2 aliphatic carbocycles. The zero-order chi connectivity index (χ0) is 17.5. The second-order valence-electron chi connectivity index (χ2n) is 7.57. The Morgan fingerprint density at radius 3 is 2.88 bits per heavy atom. The van der Waals surface area contributed by atoms with Gasteiger partial charge in [0.25, 0.3) is 11.7 Å². The Morgan fingerprint density at radius 2 is 2.00 bits per heavy atom. The number of fused-ring (bicyclic) bond motifs is 1. The molecule has 2 aromatic heterocycles. The first-order valence-electron chi connectivity index (χ1n) is 9.63. The number of carbonyl (C=O) groups is 1. The molecule has 0 aromatic carbocycles. The van der Waals surface area contributed by atoms with E-state index in [9.17, 15) is 4.79 Å². The number of hydrogen-bond acceptors (Lipinski definition) is 7. The van der Waals surface area contributed by atoms with Crippen molar-refractivity contribution in [3.05, 3.63) is 28.7 Å². The van der Waals surface area contributed by atoms with E-state index in [1.807, 2.05) is 0 Å². The van der Waals surface area contributed by atoms with Gasteiger partial charge in [-0.15, -0.1) is 0 Å². The minimum absolute atomic E-state index is 0.0425. The van der Waals surface area contributed by atoms with Crippen LogP contribution in [0.25, 0.3) is 0 Å². The van der Waals surface area contributed by atoms with Gasteiger partial charge in [-0.2, -0.15) is 4.98 Å². The fourth-order valence-electron chi connectivity index (χ4n) is 4.00. The van der Waals surface area contributed by atoms with Gasteiger partial charge in [0.2, 0.25) is 5.89 Å². The molecule has 0 radical (unpaired) electrons. The van der Waals surface area contributed by atoms with Gasteiger partial charge in [0.1, 0.15) is 11.5 Å². The van der Waals surface area contributed by atoms with E-state index in [2.05, 4.69) is 25.5 Å². The molecule has 8 heteroatoms. The lowest BCUT2D eigenvalue weighted by atomic mass is 9.96. The molecule has 2 fully saturated rings. The van der Waals surface area contributed by atoms with Crippen molar-refractivity contribution in [2.75, 3.05) is 6.54 Å². The fraction of sp³-hybridized carbons (Fsp3) is 0.667. The molecule has 1 atom stereocenters. The van der Waals surface area contributed by atoms with Crippen LogP contribution in [0.1, 0.15) is 78.1 Å². The smallest absolute Gasteiger partial charge is 0.292 e. The average molecular weight is 357 g/mol. The summed E-state index contributed by atoms with van der Waals surface area (Å²) < 4.78 is 11.0. The zero-order valence-electron chi connectivity index (χ0n) is 14.7. The molecule has 2 aromatic rings. The highest BCUT2D eigenvalue weighted by atomic mass is 16.5. The standard InChI is InChI=1S/C18H23N5O3/c24-17(19-11-7-8-11)16-20-18(26-22-16)14-5-3-9-23(14)10-13-12-4-1-2-6-15(12)25-21-13/h11,14H,1-10H2,(H,19,24)/t14-/m1/s1. The van der Waals surface area contributed by atoms with Crippen molar-refractivity contribution in [3.8, 4) is 0 Å². The molecule has 0 spiro atoms. The summed E-state index contributed by atoms with van der Waals surface area (Å²) in [6.07, 6.45) is 8.52. The van der Waals surface area contributed by atoms with Crippen LogP contribution >= 0.6 is 0 Å². The Kier molecular flexibility index (Phi) is 4.00. The van der Waals surface area contributed by atoms with E-state index >= 15 is 0 Å². The molecule has 1 amide bonds. The van der Waals surface area contributed by atoms with Crippen LogP contribution in [0.2, 0.25) is 0 Å². The van der Waals surface area contributed by atoms with Gasteiger partial charge >= 0.3 is 0 Å². The van der Waals surface area contributed by atoms with Gasteiger partial charge < -0.3 is 14.4 Å². The van der Waals surface area contributed by atoms with Crippen LogP contribution in [0.15, 0.2) is 9.05 Å². The molecule has 1 N–H and O–H groups in total. The van der Waals surface area contributed by atoms with E-state index in [0.29, 0.717) is 5.89 Å². The van der Waals surface area contributed by atoms with Crippen molar-refractivity contribution in [1.29, 1.82) is 0 Å². The van der Waals surface area contributed by atoms with Gasteiger partial charge in [0.15, 0.2) is 0 Å². The summed E-state index contributed by atoms with van der Waals surface area (Å²) in [5.74, 6) is 1.48. The molecule has 3 heterocycles. The number of hydrogen-bond donors (Lipinski definition) is 1. The number of rotatable bonds is 5. The van der Waals surface area contributed by atoms with E-state index in [1.54, 1.807) is 0 Å². The number of aromatic nitrogens is 3. The maximum Gasteiger partial charge on any atom is 0.292 e. The maximum absolute atomic E-state index is 12.1. The SMILES string of the molecule is O=C(NC1CC1)c1noc([C@H]2CCCN2Cc2noc3c2CCCC3)n1. The van der Waals surface area contributed by atoms with Crippen molar-refractivity contribution in [3.63, 3.8) is 0 Å². The first kappa shape index (κ1) is 16.0. The third-order valence-corrected chi connectivity index (χ3v) is 5.59. The molecule has 1 saturated carbocycles. The van der Waals surface area contributed by atoms with Crippen LogP contribution in [0.3, 0.4) is 0 Å². The summed E-state index contributed by atoms with van der Waals surface area (Å²) in [6, 6.07) is 0.326. The van der Waals surface area contributed by atoms with Crippen LogP contribution in [0, 0.1) is 0 Å². The van der Waals surface area contributed by atoms with Crippen molar-refractivity contribution in [1.82, 2.24) is 25.5 Å². The van der Waals surface area contributed by atoms with Crippen LogP contribution in [0.5, 0.6) is 0 Å². The predicted molar refractivity (Wildman–Crippen MR) is 90.3 cm³/mol. The summed E-state index contributed by atoms with van der Waals surface area (Å²) in [4.78, 5) is 18.8. The van der Waals surface area contributed by atoms with Crippen molar-refractivity contribution >= 4 is 5.91 Å². The van der Waals surface area contributed by atoms with Gasteiger partial charge in [0, 0.05) is 24.6 Å². The van der Waals surface area contributed by atoms with Crippen LogP contribution in [-0.4, -0.2) is 38.7 Å². The van der Waals surface area contributed by atoms with E-state index in [1.165, 1.54) is 18.4 Å². The van der Waals surface area contributed by atoms with Gasteiger partial charge in [-0.25, -0.2) is 0 Å². The molecule has 8 nitrogen and oxygen atoms in total. The monoisotopic (exact) mass is 357 g/mol. The summed E-state index contributed by atoms with van der Waals surface area (Å²) in [6.45, 7) is 1.69.